The van der Waals surface area contributed by atoms with Crippen LogP contribution in [0, 0.1) is 0 Å². The summed E-state index contributed by atoms with van der Waals surface area (Å²) in [4.78, 5) is 27.9. The number of hydrogen-bond acceptors (Lipinski definition) is 8. The maximum atomic E-state index is 12.6. The number of Topliss-reactive ketones (excluding diaryl/α,β-unsaturated/α-hetero) is 2. The maximum Gasteiger partial charge on any atom is 0.400 e. The normalized spacial score (nSPS) is 12.5. The minimum absolute atomic E-state index is 0.0178. The summed E-state index contributed by atoms with van der Waals surface area (Å²) < 4.78 is 55.7. The molecular weight excluding hydrogens is 496 g/mol. The molecule has 0 amide bonds. The fourth-order valence-electron chi connectivity index (χ4n) is 3.31. The lowest BCUT2D eigenvalue weighted by Gasteiger charge is -2.10. The summed E-state index contributed by atoms with van der Waals surface area (Å²) in [7, 11) is -5.48. The van der Waals surface area contributed by atoms with Gasteiger partial charge in [0.15, 0.2) is 0 Å². The van der Waals surface area contributed by atoms with Gasteiger partial charge in [0.2, 0.25) is 11.6 Å². The van der Waals surface area contributed by atoms with E-state index in [1.165, 1.54) is 24.3 Å². The zero-order valence-electron chi connectivity index (χ0n) is 19.5. The molecule has 0 spiro atoms. The summed E-state index contributed by atoms with van der Waals surface area (Å²) >= 11 is 0. The van der Waals surface area contributed by atoms with Gasteiger partial charge in [-0.25, -0.2) is 0 Å². The molecule has 0 saturated heterocycles. The molecule has 0 bridgehead atoms. The first-order chi connectivity index (χ1) is 16.4. The van der Waals surface area contributed by atoms with Crippen LogP contribution in [-0.2, 0) is 44.6 Å². The fourth-order valence-corrected chi connectivity index (χ4v) is 4.63. The Kier molecular flexibility index (Phi) is 9.75. The molecule has 0 radical (unpaired) electrons. The minimum atomic E-state index is -3.83. The van der Waals surface area contributed by atoms with Crippen LogP contribution in [0.5, 0.6) is 0 Å². The first-order valence-corrected chi connectivity index (χ1v) is 13.4. The van der Waals surface area contributed by atoms with Gasteiger partial charge in [-0.1, -0.05) is 31.2 Å². The van der Waals surface area contributed by atoms with Crippen LogP contribution >= 0.6 is 0 Å². The molecule has 2 rings (SSSR count). The van der Waals surface area contributed by atoms with Crippen molar-refractivity contribution in [1.82, 2.24) is 0 Å². The van der Waals surface area contributed by atoms with E-state index in [1.807, 2.05) is 0 Å². The van der Waals surface area contributed by atoms with Crippen molar-refractivity contribution >= 4 is 37.5 Å². The molecule has 188 valence electrons. The van der Waals surface area contributed by atoms with E-state index >= 15 is 0 Å². The number of hydrogen-bond donors (Lipinski definition) is 0. The molecule has 0 aliphatic heterocycles. The van der Waals surface area contributed by atoms with Gasteiger partial charge in [0, 0.05) is 12.8 Å². The third kappa shape index (κ3) is 7.48. The van der Waals surface area contributed by atoms with Crippen LogP contribution in [0.15, 0.2) is 58.3 Å². The van der Waals surface area contributed by atoms with Gasteiger partial charge >= 0.3 is 5.71 Å². The molecule has 0 saturated carbocycles. The number of rotatable bonds is 13. The van der Waals surface area contributed by atoms with Crippen molar-refractivity contribution in [3.05, 3.63) is 65.2 Å². The summed E-state index contributed by atoms with van der Waals surface area (Å²) in [5, 5.41) is 0. The molecule has 2 aromatic rings. The average molecular weight is 523 g/mol. The van der Waals surface area contributed by atoms with Crippen molar-refractivity contribution in [1.29, 1.82) is 0 Å². The smallest absolute Gasteiger partial charge is 0.360 e. The molecule has 1 atom stereocenters. The van der Waals surface area contributed by atoms with Crippen LogP contribution in [0.1, 0.15) is 43.2 Å². The SMILES string of the molecule is COS(=O)(=O)c1ccc(CCCC(=O)C(=[N+]=[N-])C(=O)CC(C)c2ccc(S(=O)(=O)OC)cc2)cc1. The highest BCUT2D eigenvalue weighted by molar-refractivity contribution is 7.87. The molecule has 1 unspecified atom stereocenters. The van der Waals surface area contributed by atoms with Gasteiger partial charge in [0.25, 0.3) is 20.2 Å². The van der Waals surface area contributed by atoms with E-state index in [4.69, 9.17) is 0 Å². The van der Waals surface area contributed by atoms with Crippen LogP contribution < -0.4 is 0 Å². The van der Waals surface area contributed by atoms with Gasteiger partial charge in [-0.05, 0) is 54.2 Å². The van der Waals surface area contributed by atoms with E-state index in [1.54, 1.807) is 31.2 Å². The lowest BCUT2D eigenvalue weighted by atomic mass is 9.92. The van der Waals surface area contributed by atoms with Crippen molar-refractivity contribution in [2.75, 3.05) is 14.2 Å². The van der Waals surface area contributed by atoms with Gasteiger partial charge in [0.05, 0.1) is 24.0 Å². The largest absolute Gasteiger partial charge is 0.400 e. The summed E-state index contributed by atoms with van der Waals surface area (Å²) in [6.07, 6.45) is 0.643. The molecule has 10 nitrogen and oxygen atoms in total. The summed E-state index contributed by atoms with van der Waals surface area (Å²) in [6.45, 7) is 1.73. The summed E-state index contributed by atoms with van der Waals surface area (Å²) in [6, 6.07) is 11.8. The fraction of sp³-hybridized carbons (Fsp3) is 0.348. The highest BCUT2D eigenvalue weighted by atomic mass is 32.2. The van der Waals surface area contributed by atoms with E-state index < -0.39 is 37.5 Å². The highest BCUT2D eigenvalue weighted by Gasteiger charge is 2.30. The standard InChI is InChI=1S/C23H26N2O8S2/c1-16(18-9-13-20(14-10-18)35(30,31)33-3)15-22(27)23(25-24)21(26)6-4-5-17-7-11-19(12-8-17)34(28,29)32-2/h7-14,16H,4-6,15H2,1-3H3. The maximum absolute atomic E-state index is 12.6. The molecule has 0 heterocycles. The number of carbonyl (C=O) groups is 2. The minimum Gasteiger partial charge on any atom is -0.360 e. The van der Waals surface area contributed by atoms with Gasteiger partial charge in [-0.2, -0.15) is 21.6 Å². The second-order valence-corrected chi connectivity index (χ2v) is 11.1. The van der Waals surface area contributed by atoms with Crippen molar-refractivity contribution in [3.63, 3.8) is 0 Å². The molecule has 0 N–H and O–H groups in total. The zero-order chi connectivity index (χ0) is 26.2. The Bertz CT molecular complexity index is 1330. The van der Waals surface area contributed by atoms with Crippen molar-refractivity contribution in [2.24, 2.45) is 0 Å². The van der Waals surface area contributed by atoms with Crippen LogP contribution in [-0.4, -0.2) is 53.1 Å². The van der Waals surface area contributed by atoms with Crippen LogP contribution in [0.3, 0.4) is 0 Å². The zero-order valence-corrected chi connectivity index (χ0v) is 21.1. The Morgan fingerprint density at radius 1 is 0.857 bits per heavy atom. The topological polar surface area (TPSA) is 157 Å². The second kappa shape index (κ2) is 12.1. The summed E-state index contributed by atoms with van der Waals surface area (Å²) in [5.74, 6) is -1.61. The predicted octanol–water partition coefficient (Wildman–Crippen LogP) is 2.68. The number of ketones is 2. The Morgan fingerprint density at radius 2 is 1.34 bits per heavy atom. The number of aryl methyl sites for hydroxylation is 1. The first-order valence-electron chi connectivity index (χ1n) is 10.5. The second-order valence-electron chi connectivity index (χ2n) is 7.71. The Hall–Kier alpha value is -3.02. The Balaban J connectivity index is 1.94. The van der Waals surface area contributed by atoms with Gasteiger partial charge in [-0.15, -0.1) is 0 Å². The van der Waals surface area contributed by atoms with Crippen LogP contribution in [0.25, 0.3) is 5.53 Å². The molecule has 2 aromatic carbocycles. The van der Waals surface area contributed by atoms with Crippen molar-refractivity contribution in [2.45, 2.75) is 48.3 Å². The quantitative estimate of drug-likeness (QED) is 0.128. The Morgan fingerprint density at radius 3 is 1.80 bits per heavy atom. The lowest BCUT2D eigenvalue weighted by molar-refractivity contribution is -0.124. The molecule has 12 heteroatoms. The molecular formula is C23H26N2O8S2. The molecule has 0 aliphatic carbocycles. The molecule has 0 aliphatic rings. The number of carbonyl (C=O) groups excluding carboxylic acids is 2. The van der Waals surface area contributed by atoms with E-state index in [0.29, 0.717) is 18.4 Å². The lowest BCUT2D eigenvalue weighted by Crippen LogP contribution is -2.26. The third-order valence-corrected chi connectivity index (χ3v) is 7.95. The third-order valence-electron chi connectivity index (χ3n) is 5.38. The van der Waals surface area contributed by atoms with Crippen molar-refractivity contribution < 1.29 is 39.6 Å². The molecule has 35 heavy (non-hydrogen) atoms. The number of benzene rings is 2. The monoisotopic (exact) mass is 522 g/mol. The van der Waals surface area contributed by atoms with Crippen LogP contribution in [0.4, 0.5) is 0 Å². The number of nitrogens with zero attached hydrogens (tertiary/aromatic N) is 2. The van der Waals surface area contributed by atoms with E-state index in [0.717, 1.165) is 19.8 Å². The highest BCUT2D eigenvalue weighted by Crippen LogP contribution is 2.22. The van der Waals surface area contributed by atoms with Gasteiger partial charge < -0.3 is 5.53 Å². The van der Waals surface area contributed by atoms with Gasteiger partial charge in [0.1, 0.15) is 0 Å². The van der Waals surface area contributed by atoms with E-state index in [2.05, 4.69) is 13.2 Å². The molecule has 0 aromatic heterocycles. The van der Waals surface area contributed by atoms with Gasteiger partial charge in [-0.3, -0.25) is 18.0 Å². The average Bonchev–Trinajstić information content (AvgIpc) is 2.84. The first kappa shape index (κ1) is 28.2. The summed E-state index contributed by atoms with van der Waals surface area (Å²) in [5.41, 5.74) is 10.2. The predicted molar refractivity (Wildman–Crippen MR) is 126 cm³/mol. The Labute approximate surface area is 204 Å². The van der Waals surface area contributed by atoms with E-state index in [-0.39, 0.29) is 28.6 Å². The molecule has 0 fully saturated rings. The van der Waals surface area contributed by atoms with Crippen LogP contribution in [0.2, 0.25) is 0 Å². The van der Waals surface area contributed by atoms with E-state index in [9.17, 15) is 32.0 Å². The van der Waals surface area contributed by atoms with Crippen molar-refractivity contribution in [3.8, 4) is 0 Å².